The van der Waals surface area contributed by atoms with Gasteiger partial charge in [-0.3, -0.25) is 4.79 Å². The van der Waals surface area contributed by atoms with Gasteiger partial charge >= 0.3 is 0 Å². The van der Waals surface area contributed by atoms with Gasteiger partial charge in [-0.15, -0.1) is 0 Å². The highest BCUT2D eigenvalue weighted by molar-refractivity contribution is 6.15. The predicted octanol–water partition coefficient (Wildman–Crippen LogP) is 5.31. The monoisotopic (exact) mass is 276 g/mol. The largest absolute Gasteiger partial charge is 0.289 e. The number of hydrogen-bond acceptors (Lipinski definition) is 1. The molecule has 0 aliphatic rings. The van der Waals surface area contributed by atoms with Crippen LogP contribution in [0, 0.1) is 0 Å². The molecule has 1 nitrogen and oxygen atoms in total. The van der Waals surface area contributed by atoms with E-state index in [1.807, 2.05) is 60.7 Å². The van der Waals surface area contributed by atoms with E-state index >= 15 is 0 Å². The highest BCUT2D eigenvalue weighted by atomic mass is 16.1. The Kier molecular flexibility index (Phi) is 5.28. The Balaban J connectivity index is 2.52. The molecule has 21 heavy (non-hydrogen) atoms. The molecule has 0 aromatic heterocycles. The van der Waals surface area contributed by atoms with E-state index in [0.29, 0.717) is 11.1 Å². The second-order valence-electron chi connectivity index (χ2n) is 4.91. The summed E-state index contributed by atoms with van der Waals surface area (Å²) in [4.78, 5) is 12.7. The van der Waals surface area contributed by atoms with Gasteiger partial charge in [0.05, 0.1) is 0 Å². The van der Waals surface area contributed by atoms with Crippen molar-refractivity contribution in [2.24, 2.45) is 0 Å². The average molecular weight is 276 g/mol. The molecule has 2 rings (SSSR count). The van der Waals surface area contributed by atoms with Gasteiger partial charge in [-0.2, -0.15) is 0 Å². The summed E-state index contributed by atoms with van der Waals surface area (Å²) in [7, 11) is 0. The van der Waals surface area contributed by atoms with Crippen LogP contribution in [-0.2, 0) is 0 Å². The first kappa shape index (κ1) is 15.0. The van der Waals surface area contributed by atoms with Crippen molar-refractivity contribution in [3.8, 4) is 0 Å². The molecule has 0 bridgehead atoms. The molecular weight excluding hydrogens is 256 g/mol. The minimum absolute atomic E-state index is 0.0397. The van der Waals surface area contributed by atoms with Gasteiger partial charge in [0.25, 0.3) is 0 Å². The molecule has 2 aromatic rings. The first-order valence-corrected chi connectivity index (χ1v) is 7.28. The third-order valence-corrected chi connectivity index (χ3v) is 3.43. The van der Waals surface area contributed by atoms with E-state index in [1.165, 1.54) is 0 Å². The minimum atomic E-state index is 0.0397. The fourth-order valence-electron chi connectivity index (χ4n) is 2.42. The van der Waals surface area contributed by atoms with E-state index < -0.39 is 0 Å². The number of benzene rings is 2. The van der Waals surface area contributed by atoms with E-state index in [2.05, 4.69) is 13.5 Å². The highest BCUT2D eigenvalue weighted by Gasteiger charge is 2.15. The topological polar surface area (TPSA) is 17.1 Å². The first-order chi connectivity index (χ1) is 10.3. The Hall–Kier alpha value is -2.41. The number of carbonyl (C=O) groups excluding carboxylic acids is 1. The summed E-state index contributed by atoms with van der Waals surface area (Å²) < 4.78 is 0. The highest BCUT2D eigenvalue weighted by Crippen LogP contribution is 2.26. The van der Waals surface area contributed by atoms with Gasteiger partial charge < -0.3 is 0 Å². The molecule has 2 aromatic carbocycles. The lowest BCUT2D eigenvalue weighted by molar-refractivity contribution is 0.103. The summed E-state index contributed by atoms with van der Waals surface area (Å²) >= 11 is 0. The zero-order valence-electron chi connectivity index (χ0n) is 12.4. The van der Waals surface area contributed by atoms with Crippen molar-refractivity contribution in [2.75, 3.05) is 0 Å². The zero-order valence-corrected chi connectivity index (χ0v) is 12.4. The van der Waals surface area contributed by atoms with Gasteiger partial charge in [0.1, 0.15) is 0 Å². The molecule has 0 aliphatic heterocycles. The number of rotatable bonds is 6. The summed E-state index contributed by atoms with van der Waals surface area (Å²) in [6, 6.07) is 19.5. The smallest absolute Gasteiger partial charge is 0.193 e. The van der Waals surface area contributed by atoms with Crippen LogP contribution in [0.2, 0.25) is 0 Å². The fourth-order valence-corrected chi connectivity index (χ4v) is 2.42. The molecule has 0 aliphatic carbocycles. The van der Waals surface area contributed by atoms with Crippen LogP contribution in [0.25, 0.3) is 5.57 Å². The van der Waals surface area contributed by atoms with Crippen LogP contribution in [0.4, 0.5) is 0 Å². The summed E-state index contributed by atoms with van der Waals surface area (Å²) in [6.07, 6.45) is 3.54. The van der Waals surface area contributed by atoms with E-state index in [-0.39, 0.29) is 5.78 Å². The minimum Gasteiger partial charge on any atom is -0.289 e. The molecule has 0 unspecified atom stereocenters. The van der Waals surface area contributed by atoms with Gasteiger partial charge in [0.2, 0.25) is 0 Å². The molecule has 0 heterocycles. The maximum atomic E-state index is 12.7. The van der Waals surface area contributed by atoms with Gasteiger partial charge in [-0.1, -0.05) is 86.7 Å². The molecule has 0 amide bonds. The molecule has 0 spiro atoms. The second kappa shape index (κ2) is 7.39. The SMILES string of the molecule is C=C/C(C(=O)c1ccccc1)=C(/CCC)c1ccccc1. The van der Waals surface area contributed by atoms with Crippen LogP contribution in [0.3, 0.4) is 0 Å². The van der Waals surface area contributed by atoms with Crippen LogP contribution < -0.4 is 0 Å². The van der Waals surface area contributed by atoms with Crippen molar-refractivity contribution in [2.45, 2.75) is 19.8 Å². The van der Waals surface area contributed by atoms with Gasteiger partial charge in [-0.25, -0.2) is 0 Å². The van der Waals surface area contributed by atoms with Crippen molar-refractivity contribution in [3.05, 3.63) is 90.0 Å². The third-order valence-electron chi connectivity index (χ3n) is 3.43. The van der Waals surface area contributed by atoms with Crippen LogP contribution in [0.15, 0.2) is 78.9 Å². The number of ketones is 1. The van der Waals surface area contributed by atoms with E-state index in [4.69, 9.17) is 0 Å². The Bertz CT molecular complexity index is 636. The third kappa shape index (κ3) is 3.57. The maximum absolute atomic E-state index is 12.7. The van der Waals surface area contributed by atoms with Crippen LogP contribution in [0.1, 0.15) is 35.7 Å². The molecule has 0 N–H and O–H groups in total. The fraction of sp³-hybridized carbons (Fsp3) is 0.150. The lowest BCUT2D eigenvalue weighted by Crippen LogP contribution is -2.04. The number of allylic oxidation sites excluding steroid dienone is 3. The summed E-state index contributed by atoms with van der Waals surface area (Å²) in [5, 5.41) is 0. The maximum Gasteiger partial charge on any atom is 0.193 e. The molecule has 0 fully saturated rings. The first-order valence-electron chi connectivity index (χ1n) is 7.28. The standard InChI is InChI=1S/C20H20O/c1-3-11-19(16-12-7-5-8-13-16)18(4-2)20(21)17-14-9-6-10-15-17/h4-10,12-15H,2-3,11H2,1H3/b19-18+. The Labute approximate surface area is 126 Å². The average Bonchev–Trinajstić information content (AvgIpc) is 2.56. The molecule has 0 saturated carbocycles. The van der Waals surface area contributed by atoms with Crippen molar-refractivity contribution in [3.63, 3.8) is 0 Å². The number of hydrogen-bond donors (Lipinski definition) is 0. The van der Waals surface area contributed by atoms with Crippen LogP contribution >= 0.6 is 0 Å². The van der Waals surface area contributed by atoms with Crippen molar-refractivity contribution in [1.29, 1.82) is 0 Å². The summed E-state index contributed by atoms with van der Waals surface area (Å²) in [6.45, 7) is 5.98. The normalized spacial score (nSPS) is 11.7. The summed E-state index contributed by atoms with van der Waals surface area (Å²) in [5.74, 6) is 0.0397. The van der Waals surface area contributed by atoms with Crippen molar-refractivity contribution >= 4 is 11.4 Å². The summed E-state index contributed by atoms with van der Waals surface area (Å²) in [5.41, 5.74) is 3.58. The molecule has 106 valence electrons. The quantitative estimate of drug-likeness (QED) is 0.397. The molecule has 0 radical (unpaired) electrons. The zero-order chi connectivity index (χ0) is 15.1. The Morgan fingerprint density at radius 3 is 1.95 bits per heavy atom. The van der Waals surface area contributed by atoms with E-state index in [0.717, 1.165) is 24.0 Å². The van der Waals surface area contributed by atoms with Crippen LogP contribution in [0.5, 0.6) is 0 Å². The van der Waals surface area contributed by atoms with E-state index in [9.17, 15) is 4.79 Å². The molecule has 0 atom stereocenters. The van der Waals surface area contributed by atoms with Gasteiger partial charge in [-0.05, 0) is 17.6 Å². The Morgan fingerprint density at radius 2 is 1.48 bits per heavy atom. The Morgan fingerprint density at radius 1 is 0.952 bits per heavy atom. The molecule has 0 saturated heterocycles. The lowest BCUT2D eigenvalue weighted by atomic mass is 9.91. The van der Waals surface area contributed by atoms with Gasteiger partial charge in [0.15, 0.2) is 5.78 Å². The van der Waals surface area contributed by atoms with Crippen molar-refractivity contribution in [1.82, 2.24) is 0 Å². The molecule has 1 heteroatoms. The lowest BCUT2D eigenvalue weighted by Gasteiger charge is -2.12. The van der Waals surface area contributed by atoms with Gasteiger partial charge in [0, 0.05) is 11.1 Å². The number of carbonyl (C=O) groups is 1. The van der Waals surface area contributed by atoms with E-state index in [1.54, 1.807) is 6.08 Å². The van der Waals surface area contributed by atoms with Crippen LogP contribution in [-0.4, -0.2) is 5.78 Å². The number of Topliss-reactive ketones (excluding diaryl/α,β-unsaturated/α-hetero) is 1. The van der Waals surface area contributed by atoms with Crippen molar-refractivity contribution < 1.29 is 4.79 Å². The molecular formula is C20H20O. The second-order valence-corrected chi connectivity index (χ2v) is 4.91. The predicted molar refractivity (Wildman–Crippen MR) is 89.2 cm³/mol.